The van der Waals surface area contributed by atoms with Crippen LogP contribution >= 0.6 is 0 Å². The number of anilines is 1. The molecule has 0 aliphatic heterocycles. The Labute approximate surface area is 162 Å². The predicted molar refractivity (Wildman–Crippen MR) is 106 cm³/mol. The van der Waals surface area contributed by atoms with Crippen LogP contribution < -0.4 is 4.72 Å². The average Bonchev–Trinajstić information content (AvgIpc) is 3.18. The van der Waals surface area contributed by atoms with Crippen molar-refractivity contribution >= 4 is 15.7 Å². The van der Waals surface area contributed by atoms with E-state index < -0.39 is 10.0 Å². The normalized spacial score (nSPS) is 11.3. The molecule has 0 saturated heterocycles. The number of hydrogen-bond donors (Lipinski definition) is 1. The third kappa shape index (κ3) is 3.94. The third-order valence-corrected chi connectivity index (χ3v) is 5.51. The molecule has 1 heterocycles. The van der Waals surface area contributed by atoms with E-state index in [4.69, 9.17) is 4.52 Å². The standard InChI is InChI=1S/C21H17N3O3S/c25-28(26,17-11-5-2-6-12-17)24-19-14-8-7-13-18(19)21-22-20(23-27-21)15-16-9-3-1-4-10-16/h1-14,24H,15H2. The molecule has 0 saturated carbocycles. The number of para-hydroxylation sites is 1. The zero-order valence-electron chi connectivity index (χ0n) is 14.8. The van der Waals surface area contributed by atoms with Gasteiger partial charge in [0.2, 0.25) is 0 Å². The summed E-state index contributed by atoms with van der Waals surface area (Å²) >= 11 is 0. The van der Waals surface area contributed by atoms with Crippen molar-refractivity contribution in [1.82, 2.24) is 10.1 Å². The Morgan fingerprint density at radius 1 is 0.821 bits per heavy atom. The van der Waals surface area contributed by atoms with Gasteiger partial charge in [-0.05, 0) is 29.8 Å². The maximum Gasteiger partial charge on any atom is 0.261 e. The smallest absolute Gasteiger partial charge is 0.261 e. The van der Waals surface area contributed by atoms with Gasteiger partial charge in [-0.2, -0.15) is 4.98 Å². The van der Waals surface area contributed by atoms with Crippen LogP contribution in [0.25, 0.3) is 11.5 Å². The van der Waals surface area contributed by atoms with Gasteiger partial charge in [0.15, 0.2) is 5.82 Å². The van der Waals surface area contributed by atoms with Crippen LogP contribution in [0, 0.1) is 0 Å². The zero-order chi connectivity index (χ0) is 19.4. The zero-order valence-corrected chi connectivity index (χ0v) is 15.6. The second kappa shape index (κ2) is 7.66. The Morgan fingerprint density at radius 3 is 2.21 bits per heavy atom. The van der Waals surface area contributed by atoms with Crippen molar-refractivity contribution in [3.63, 3.8) is 0 Å². The van der Waals surface area contributed by atoms with Crippen LogP contribution in [0.4, 0.5) is 5.69 Å². The fourth-order valence-corrected chi connectivity index (χ4v) is 3.88. The molecule has 28 heavy (non-hydrogen) atoms. The van der Waals surface area contributed by atoms with Gasteiger partial charge < -0.3 is 4.52 Å². The van der Waals surface area contributed by atoms with Gasteiger partial charge in [-0.1, -0.05) is 65.8 Å². The highest BCUT2D eigenvalue weighted by Gasteiger charge is 2.19. The van der Waals surface area contributed by atoms with E-state index in [-0.39, 0.29) is 10.8 Å². The molecule has 0 amide bonds. The molecule has 0 bridgehead atoms. The van der Waals surface area contributed by atoms with Crippen molar-refractivity contribution in [2.75, 3.05) is 4.72 Å². The monoisotopic (exact) mass is 391 g/mol. The number of hydrogen-bond acceptors (Lipinski definition) is 5. The van der Waals surface area contributed by atoms with Crippen LogP contribution in [-0.4, -0.2) is 18.6 Å². The molecule has 0 spiro atoms. The molecule has 3 aromatic carbocycles. The fourth-order valence-electron chi connectivity index (χ4n) is 2.78. The Bertz CT molecular complexity index is 1170. The SMILES string of the molecule is O=S(=O)(Nc1ccccc1-c1nc(Cc2ccccc2)no1)c1ccccc1. The first-order valence-corrected chi connectivity index (χ1v) is 10.1. The van der Waals surface area contributed by atoms with Crippen LogP contribution in [0.1, 0.15) is 11.4 Å². The highest BCUT2D eigenvalue weighted by atomic mass is 32.2. The molecule has 0 atom stereocenters. The van der Waals surface area contributed by atoms with E-state index in [2.05, 4.69) is 14.9 Å². The van der Waals surface area contributed by atoms with E-state index in [9.17, 15) is 8.42 Å². The number of nitrogens with one attached hydrogen (secondary N) is 1. The lowest BCUT2D eigenvalue weighted by atomic mass is 10.1. The summed E-state index contributed by atoms with van der Waals surface area (Å²) in [6.45, 7) is 0. The van der Waals surface area contributed by atoms with Crippen LogP contribution in [0.3, 0.4) is 0 Å². The summed E-state index contributed by atoms with van der Waals surface area (Å²) in [5, 5.41) is 4.02. The molecular weight excluding hydrogens is 374 g/mol. The molecule has 1 N–H and O–H groups in total. The first-order valence-electron chi connectivity index (χ1n) is 8.65. The van der Waals surface area contributed by atoms with Crippen LogP contribution in [0.2, 0.25) is 0 Å². The second-order valence-corrected chi connectivity index (χ2v) is 7.82. The molecule has 0 unspecified atom stereocenters. The third-order valence-electron chi connectivity index (χ3n) is 4.13. The maximum absolute atomic E-state index is 12.7. The van der Waals surface area contributed by atoms with Crippen molar-refractivity contribution < 1.29 is 12.9 Å². The molecule has 0 fully saturated rings. The average molecular weight is 391 g/mol. The van der Waals surface area contributed by atoms with Gasteiger partial charge in [0, 0.05) is 6.42 Å². The number of benzene rings is 3. The Morgan fingerprint density at radius 2 is 1.46 bits per heavy atom. The first-order chi connectivity index (χ1) is 13.6. The summed E-state index contributed by atoms with van der Waals surface area (Å²) in [5.41, 5.74) is 1.96. The van der Waals surface area contributed by atoms with Gasteiger partial charge >= 0.3 is 0 Å². The molecule has 0 aliphatic rings. The van der Waals surface area contributed by atoms with Crippen LogP contribution in [0.5, 0.6) is 0 Å². The number of nitrogens with zero attached hydrogens (tertiary/aromatic N) is 2. The fraction of sp³-hybridized carbons (Fsp3) is 0.0476. The summed E-state index contributed by atoms with van der Waals surface area (Å²) in [5.74, 6) is 0.791. The van der Waals surface area contributed by atoms with E-state index in [1.807, 2.05) is 30.3 Å². The van der Waals surface area contributed by atoms with E-state index in [1.54, 1.807) is 42.5 Å². The van der Waals surface area contributed by atoms with E-state index >= 15 is 0 Å². The van der Waals surface area contributed by atoms with Crippen molar-refractivity contribution in [3.8, 4) is 11.5 Å². The number of rotatable bonds is 6. The summed E-state index contributed by atoms with van der Waals surface area (Å²) in [7, 11) is -3.73. The Hall–Kier alpha value is -3.45. The molecule has 7 heteroatoms. The summed E-state index contributed by atoms with van der Waals surface area (Å²) in [6, 6.07) is 24.9. The number of sulfonamides is 1. The molecule has 0 aliphatic carbocycles. The second-order valence-electron chi connectivity index (χ2n) is 6.14. The number of aromatic nitrogens is 2. The molecule has 4 aromatic rings. The molecule has 1 aromatic heterocycles. The highest BCUT2D eigenvalue weighted by molar-refractivity contribution is 7.92. The van der Waals surface area contributed by atoms with E-state index in [0.29, 0.717) is 23.5 Å². The van der Waals surface area contributed by atoms with Crippen LogP contribution in [0.15, 0.2) is 94.3 Å². The molecule has 0 radical (unpaired) electrons. The van der Waals surface area contributed by atoms with Gasteiger partial charge in [0.25, 0.3) is 15.9 Å². The van der Waals surface area contributed by atoms with Crippen molar-refractivity contribution in [2.24, 2.45) is 0 Å². The lowest BCUT2D eigenvalue weighted by Crippen LogP contribution is -2.13. The molecule has 4 rings (SSSR count). The van der Waals surface area contributed by atoms with Gasteiger partial charge in [-0.15, -0.1) is 0 Å². The van der Waals surface area contributed by atoms with E-state index in [0.717, 1.165) is 5.56 Å². The minimum atomic E-state index is -3.73. The van der Waals surface area contributed by atoms with E-state index in [1.165, 1.54) is 12.1 Å². The summed E-state index contributed by atoms with van der Waals surface area (Å²) in [6.07, 6.45) is 0.530. The Balaban J connectivity index is 1.62. The quantitative estimate of drug-likeness (QED) is 0.534. The minimum Gasteiger partial charge on any atom is -0.334 e. The highest BCUT2D eigenvalue weighted by Crippen LogP contribution is 2.28. The topological polar surface area (TPSA) is 85.1 Å². The maximum atomic E-state index is 12.7. The van der Waals surface area contributed by atoms with Crippen molar-refractivity contribution in [1.29, 1.82) is 0 Å². The molecule has 140 valence electrons. The van der Waals surface area contributed by atoms with Crippen LogP contribution in [-0.2, 0) is 16.4 Å². The van der Waals surface area contributed by atoms with Gasteiger partial charge in [0.1, 0.15) is 0 Å². The van der Waals surface area contributed by atoms with Gasteiger partial charge in [-0.25, -0.2) is 8.42 Å². The lowest BCUT2D eigenvalue weighted by Gasteiger charge is -2.10. The molecular formula is C21H17N3O3S. The summed E-state index contributed by atoms with van der Waals surface area (Å²) in [4.78, 5) is 4.61. The molecule has 6 nitrogen and oxygen atoms in total. The van der Waals surface area contributed by atoms with Crippen molar-refractivity contribution in [2.45, 2.75) is 11.3 Å². The van der Waals surface area contributed by atoms with Crippen molar-refractivity contribution in [3.05, 3.63) is 96.3 Å². The first kappa shape index (κ1) is 17.9. The summed E-state index contributed by atoms with van der Waals surface area (Å²) < 4.78 is 33.3. The van der Waals surface area contributed by atoms with Gasteiger partial charge in [0.05, 0.1) is 16.1 Å². The Kier molecular flexibility index (Phi) is 4.90. The predicted octanol–water partition coefficient (Wildman–Crippen LogP) is 4.13. The lowest BCUT2D eigenvalue weighted by molar-refractivity contribution is 0.424. The largest absolute Gasteiger partial charge is 0.334 e. The minimum absolute atomic E-state index is 0.181. The van der Waals surface area contributed by atoms with Gasteiger partial charge in [-0.3, -0.25) is 4.72 Å².